The lowest BCUT2D eigenvalue weighted by molar-refractivity contribution is -0.134. The first kappa shape index (κ1) is 22.7. The predicted molar refractivity (Wildman–Crippen MR) is 110 cm³/mol. The van der Waals surface area contributed by atoms with E-state index in [4.69, 9.17) is 9.47 Å². The molecule has 1 aliphatic rings. The number of sulfonamides is 1. The van der Waals surface area contributed by atoms with Crippen molar-refractivity contribution in [3.8, 4) is 11.5 Å². The van der Waals surface area contributed by atoms with Gasteiger partial charge in [-0.2, -0.15) is 4.31 Å². The molecule has 0 spiro atoms. The highest BCUT2D eigenvalue weighted by Crippen LogP contribution is 2.28. The van der Waals surface area contributed by atoms with Crippen LogP contribution in [-0.2, 0) is 14.8 Å². The number of halogens is 1. The van der Waals surface area contributed by atoms with Crippen LogP contribution in [0, 0.1) is 5.82 Å². The van der Waals surface area contributed by atoms with Gasteiger partial charge in [0.15, 0.2) is 23.9 Å². The molecule has 8 nitrogen and oxygen atoms in total. The number of rotatable bonds is 7. The Hall–Kier alpha value is -2.98. The Labute approximate surface area is 180 Å². The molecule has 1 heterocycles. The Morgan fingerprint density at radius 2 is 1.71 bits per heavy atom. The van der Waals surface area contributed by atoms with Gasteiger partial charge in [-0.3, -0.25) is 9.59 Å². The standard InChI is InChI=1S/C21H23FN2O6S/c1-15(25)16-7-8-18(19(13-16)29-2)30-14-21(26)23-9-11-24(12-10-23)31(27,28)20-6-4-3-5-17(20)22/h3-8,13H,9-12,14H2,1-2H3. The summed E-state index contributed by atoms with van der Waals surface area (Å²) >= 11 is 0. The van der Waals surface area contributed by atoms with Crippen LogP contribution < -0.4 is 9.47 Å². The second-order valence-electron chi connectivity index (χ2n) is 6.93. The van der Waals surface area contributed by atoms with Gasteiger partial charge in [0.2, 0.25) is 10.0 Å². The zero-order valence-corrected chi connectivity index (χ0v) is 18.0. The molecule has 0 N–H and O–H groups in total. The molecule has 0 bridgehead atoms. The highest BCUT2D eigenvalue weighted by molar-refractivity contribution is 7.89. The molecule has 0 saturated carbocycles. The lowest BCUT2D eigenvalue weighted by Gasteiger charge is -2.34. The monoisotopic (exact) mass is 450 g/mol. The van der Waals surface area contributed by atoms with E-state index >= 15 is 0 Å². The van der Waals surface area contributed by atoms with Crippen molar-refractivity contribution in [2.75, 3.05) is 39.9 Å². The molecular weight excluding hydrogens is 427 g/mol. The highest BCUT2D eigenvalue weighted by Gasteiger charge is 2.31. The van der Waals surface area contributed by atoms with Crippen molar-refractivity contribution in [2.24, 2.45) is 0 Å². The fourth-order valence-corrected chi connectivity index (χ4v) is 4.69. The van der Waals surface area contributed by atoms with Gasteiger partial charge in [0.05, 0.1) is 7.11 Å². The Morgan fingerprint density at radius 1 is 1.03 bits per heavy atom. The van der Waals surface area contributed by atoms with Crippen LogP contribution in [0.25, 0.3) is 0 Å². The minimum atomic E-state index is -3.97. The van der Waals surface area contributed by atoms with Crippen LogP contribution in [0.5, 0.6) is 11.5 Å². The third-order valence-corrected chi connectivity index (χ3v) is 6.90. The average Bonchev–Trinajstić information content (AvgIpc) is 2.77. The zero-order valence-electron chi connectivity index (χ0n) is 17.2. The van der Waals surface area contributed by atoms with Crippen LogP contribution in [0.4, 0.5) is 4.39 Å². The van der Waals surface area contributed by atoms with E-state index < -0.39 is 15.8 Å². The quantitative estimate of drug-likeness (QED) is 0.599. The van der Waals surface area contributed by atoms with Crippen molar-refractivity contribution in [1.82, 2.24) is 9.21 Å². The highest BCUT2D eigenvalue weighted by atomic mass is 32.2. The van der Waals surface area contributed by atoms with Gasteiger partial charge in [0.25, 0.3) is 5.91 Å². The molecule has 2 aromatic carbocycles. The van der Waals surface area contributed by atoms with Crippen LogP contribution in [0.1, 0.15) is 17.3 Å². The second-order valence-corrected chi connectivity index (χ2v) is 8.83. The third-order valence-electron chi connectivity index (χ3n) is 4.97. The van der Waals surface area contributed by atoms with E-state index in [9.17, 15) is 22.4 Å². The van der Waals surface area contributed by atoms with Crippen LogP contribution in [0.3, 0.4) is 0 Å². The molecule has 3 rings (SSSR count). The van der Waals surface area contributed by atoms with Gasteiger partial charge in [-0.05, 0) is 37.3 Å². The van der Waals surface area contributed by atoms with Crippen LogP contribution in [-0.4, -0.2) is 69.2 Å². The maximum absolute atomic E-state index is 13.9. The molecule has 1 fully saturated rings. The first-order valence-electron chi connectivity index (χ1n) is 9.58. The first-order valence-corrected chi connectivity index (χ1v) is 11.0. The van der Waals surface area contributed by atoms with E-state index in [0.29, 0.717) is 17.1 Å². The number of ketones is 1. The van der Waals surface area contributed by atoms with Crippen molar-refractivity contribution in [3.05, 3.63) is 53.8 Å². The number of ether oxygens (including phenoxy) is 2. The Bertz CT molecular complexity index is 1080. The second kappa shape index (κ2) is 9.44. The number of methoxy groups -OCH3 is 1. The smallest absolute Gasteiger partial charge is 0.260 e. The number of benzene rings is 2. The molecule has 1 aliphatic heterocycles. The number of nitrogens with zero attached hydrogens (tertiary/aromatic N) is 2. The van der Waals surface area contributed by atoms with E-state index in [0.717, 1.165) is 6.07 Å². The number of hydrogen-bond acceptors (Lipinski definition) is 6. The molecule has 1 amide bonds. The van der Waals surface area contributed by atoms with Gasteiger partial charge >= 0.3 is 0 Å². The largest absolute Gasteiger partial charge is 0.493 e. The molecule has 166 valence electrons. The molecule has 0 atom stereocenters. The van der Waals surface area contributed by atoms with Gasteiger partial charge in [0.1, 0.15) is 10.7 Å². The summed E-state index contributed by atoms with van der Waals surface area (Å²) in [6.07, 6.45) is 0. The molecule has 0 aromatic heterocycles. The summed E-state index contributed by atoms with van der Waals surface area (Å²) in [7, 11) is -2.54. The van der Waals surface area contributed by atoms with Gasteiger partial charge in [-0.15, -0.1) is 0 Å². The van der Waals surface area contributed by atoms with Crippen molar-refractivity contribution < 1.29 is 31.9 Å². The lowest BCUT2D eigenvalue weighted by Crippen LogP contribution is -2.51. The minimum Gasteiger partial charge on any atom is -0.493 e. The van der Waals surface area contributed by atoms with Crippen molar-refractivity contribution in [1.29, 1.82) is 0 Å². The van der Waals surface area contributed by atoms with Crippen molar-refractivity contribution in [3.63, 3.8) is 0 Å². The summed E-state index contributed by atoms with van der Waals surface area (Å²) in [5.41, 5.74) is 0.461. The maximum Gasteiger partial charge on any atom is 0.260 e. The number of amides is 1. The Kier molecular flexibility index (Phi) is 6.91. The summed E-state index contributed by atoms with van der Waals surface area (Å²) in [5.74, 6) is -0.591. The summed E-state index contributed by atoms with van der Waals surface area (Å²) in [5, 5.41) is 0. The van der Waals surface area contributed by atoms with E-state index in [-0.39, 0.29) is 49.4 Å². The zero-order chi connectivity index (χ0) is 22.6. The van der Waals surface area contributed by atoms with E-state index in [1.54, 1.807) is 12.1 Å². The van der Waals surface area contributed by atoms with E-state index in [1.807, 2.05) is 0 Å². The lowest BCUT2D eigenvalue weighted by atomic mass is 10.1. The number of carbonyl (C=O) groups excluding carboxylic acids is 2. The molecule has 0 radical (unpaired) electrons. The summed E-state index contributed by atoms with van der Waals surface area (Å²) in [6.45, 7) is 1.60. The predicted octanol–water partition coefficient (Wildman–Crippen LogP) is 1.95. The van der Waals surface area contributed by atoms with Gasteiger partial charge < -0.3 is 14.4 Å². The first-order chi connectivity index (χ1) is 14.7. The molecule has 0 unspecified atom stereocenters. The van der Waals surface area contributed by atoms with E-state index in [2.05, 4.69) is 0 Å². The number of hydrogen-bond donors (Lipinski definition) is 0. The molecule has 1 saturated heterocycles. The average molecular weight is 450 g/mol. The molecule has 0 aliphatic carbocycles. The number of piperazine rings is 1. The molecule has 2 aromatic rings. The third kappa shape index (κ3) is 5.02. The summed E-state index contributed by atoms with van der Waals surface area (Å²) in [6, 6.07) is 9.88. The summed E-state index contributed by atoms with van der Waals surface area (Å²) < 4.78 is 51.2. The van der Waals surface area contributed by atoms with Crippen LogP contribution >= 0.6 is 0 Å². The van der Waals surface area contributed by atoms with Crippen LogP contribution in [0.15, 0.2) is 47.4 Å². The van der Waals surface area contributed by atoms with Gasteiger partial charge in [-0.25, -0.2) is 12.8 Å². The Morgan fingerprint density at radius 3 is 2.32 bits per heavy atom. The number of Topliss-reactive ketones (excluding diaryl/α,β-unsaturated/α-hetero) is 1. The SMILES string of the molecule is COc1cc(C(C)=O)ccc1OCC(=O)N1CCN(S(=O)(=O)c2ccccc2F)CC1. The fraction of sp³-hybridized carbons (Fsp3) is 0.333. The van der Waals surface area contributed by atoms with Gasteiger partial charge in [-0.1, -0.05) is 12.1 Å². The van der Waals surface area contributed by atoms with Crippen molar-refractivity contribution >= 4 is 21.7 Å². The topological polar surface area (TPSA) is 93.2 Å². The number of carbonyl (C=O) groups is 2. The van der Waals surface area contributed by atoms with Crippen molar-refractivity contribution in [2.45, 2.75) is 11.8 Å². The molecule has 31 heavy (non-hydrogen) atoms. The fourth-order valence-electron chi connectivity index (χ4n) is 3.21. The normalized spacial score (nSPS) is 14.9. The summed E-state index contributed by atoms with van der Waals surface area (Å²) in [4.78, 5) is 25.1. The Balaban J connectivity index is 1.59. The molecule has 10 heteroatoms. The molecular formula is C21H23FN2O6S. The van der Waals surface area contributed by atoms with Gasteiger partial charge in [0, 0.05) is 31.7 Å². The minimum absolute atomic E-state index is 0.0546. The maximum atomic E-state index is 13.9. The van der Waals surface area contributed by atoms with E-state index in [1.165, 1.54) is 47.5 Å². The van der Waals surface area contributed by atoms with Crippen LogP contribution in [0.2, 0.25) is 0 Å².